The molecule has 0 fully saturated rings. The maximum absolute atomic E-state index is 13.1. The van der Waals surface area contributed by atoms with Crippen LogP contribution in [-0.2, 0) is 0 Å². The van der Waals surface area contributed by atoms with Crippen LogP contribution in [-0.4, -0.2) is 10.9 Å². The molecule has 0 saturated carbocycles. The number of nitrogens with zero attached hydrogens (tertiary/aromatic N) is 1. The van der Waals surface area contributed by atoms with Crippen LogP contribution in [0.4, 0.5) is 10.1 Å². The molecule has 98 valence electrons. The summed E-state index contributed by atoms with van der Waals surface area (Å²) in [6, 6.07) is 7.60. The first-order valence-electron chi connectivity index (χ1n) is 5.68. The summed E-state index contributed by atoms with van der Waals surface area (Å²) in [6.07, 6.45) is 0. The molecule has 0 aliphatic rings. The summed E-state index contributed by atoms with van der Waals surface area (Å²) in [4.78, 5) is 16.3. The summed E-state index contributed by atoms with van der Waals surface area (Å²) in [5.41, 5.74) is 2.36. The van der Waals surface area contributed by atoms with E-state index in [0.29, 0.717) is 21.4 Å². The minimum absolute atomic E-state index is 0.309. The van der Waals surface area contributed by atoms with E-state index in [1.807, 2.05) is 6.92 Å². The Kier molecular flexibility index (Phi) is 3.95. The molecule has 19 heavy (non-hydrogen) atoms. The summed E-state index contributed by atoms with van der Waals surface area (Å²) in [6.45, 7) is 3.63. The third kappa shape index (κ3) is 3.17. The largest absolute Gasteiger partial charge is 0.321 e. The molecule has 2 rings (SSSR count). The molecule has 1 aromatic heterocycles. The number of benzene rings is 1. The lowest BCUT2D eigenvalue weighted by Gasteiger charge is -2.09. The topological polar surface area (TPSA) is 42.0 Å². The Balaban J connectivity index is 2.28. The number of nitrogens with one attached hydrogen (secondary N) is 1. The summed E-state index contributed by atoms with van der Waals surface area (Å²) in [5.74, 6) is -0.714. The Bertz CT molecular complexity index is 643. The minimum Gasteiger partial charge on any atom is -0.321 e. The van der Waals surface area contributed by atoms with E-state index in [4.69, 9.17) is 0 Å². The van der Waals surface area contributed by atoms with E-state index in [2.05, 4.69) is 26.2 Å². The molecule has 0 unspecified atom stereocenters. The van der Waals surface area contributed by atoms with Crippen LogP contribution >= 0.6 is 15.9 Å². The highest BCUT2D eigenvalue weighted by Crippen LogP contribution is 2.23. The molecule has 1 aromatic carbocycles. The molecule has 0 aliphatic carbocycles. The molecule has 0 spiro atoms. The zero-order valence-electron chi connectivity index (χ0n) is 10.5. The fourth-order valence-corrected chi connectivity index (χ4v) is 2.06. The third-order valence-corrected chi connectivity index (χ3v) is 3.34. The van der Waals surface area contributed by atoms with Crippen molar-refractivity contribution in [2.24, 2.45) is 0 Å². The molecular formula is C14H12BrFN2O. The standard InChI is InChI=1S/C14H12BrFN2O/c1-8-3-5-11(9(2)17-8)14(19)18-13-7-10(16)4-6-12(13)15/h3-7H,1-2H3,(H,18,19). The fraction of sp³-hybridized carbons (Fsp3) is 0.143. The number of carbonyl (C=O) groups is 1. The molecule has 0 saturated heterocycles. The first-order valence-corrected chi connectivity index (χ1v) is 6.47. The van der Waals surface area contributed by atoms with Crippen LogP contribution in [0.2, 0.25) is 0 Å². The Hall–Kier alpha value is -1.75. The van der Waals surface area contributed by atoms with Crippen LogP contribution in [0.25, 0.3) is 0 Å². The smallest absolute Gasteiger partial charge is 0.257 e. The van der Waals surface area contributed by atoms with E-state index in [-0.39, 0.29) is 5.91 Å². The number of anilines is 1. The quantitative estimate of drug-likeness (QED) is 0.912. The minimum atomic E-state index is -0.405. The van der Waals surface area contributed by atoms with Gasteiger partial charge < -0.3 is 5.32 Å². The van der Waals surface area contributed by atoms with E-state index in [1.54, 1.807) is 25.1 Å². The van der Waals surface area contributed by atoms with Crippen molar-refractivity contribution in [3.8, 4) is 0 Å². The number of halogens is 2. The third-order valence-electron chi connectivity index (χ3n) is 2.65. The normalized spacial score (nSPS) is 10.3. The highest BCUT2D eigenvalue weighted by molar-refractivity contribution is 9.10. The summed E-state index contributed by atoms with van der Waals surface area (Å²) in [7, 11) is 0. The highest BCUT2D eigenvalue weighted by atomic mass is 79.9. The van der Waals surface area contributed by atoms with Gasteiger partial charge in [0.25, 0.3) is 5.91 Å². The van der Waals surface area contributed by atoms with Gasteiger partial charge in [-0.25, -0.2) is 4.39 Å². The van der Waals surface area contributed by atoms with Crippen molar-refractivity contribution in [1.29, 1.82) is 0 Å². The van der Waals surface area contributed by atoms with Crippen LogP contribution in [0.1, 0.15) is 21.7 Å². The van der Waals surface area contributed by atoms with Gasteiger partial charge in [-0.3, -0.25) is 9.78 Å². The van der Waals surface area contributed by atoms with Crippen molar-refractivity contribution in [2.75, 3.05) is 5.32 Å². The average Bonchev–Trinajstić information content (AvgIpc) is 2.33. The first kappa shape index (κ1) is 13.7. The monoisotopic (exact) mass is 322 g/mol. The second kappa shape index (κ2) is 5.48. The Labute approximate surface area is 119 Å². The second-order valence-corrected chi connectivity index (χ2v) is 5.02. The molecule has 0 atom stereocenters. The molecule has 1 amide bonds. The van der Waals surface area contributed by atoms with Gasteiger partial charge in [0.05, 0.1) is 16.9 Å². The van der Waals surface area contributed by atoms with E-state index in [0.717, 1.165) is 5.69 Å². The molecule has 1 N–H and O–H groups in total. The SMILES string of the molecule is Cc1ccc(C(=O)Nc2cc(F)ccc2Br)c(C)n1. The molecular weight excluding hydrogens is 311 g/mol. The number of hydrogen-bond donors (Lipinski definition) is 1. The van der Waals surface area contributed by atoms with Crippen LogP contribution in [0, 0.1) is 19.7 Å². The van der Waals surface area contributed by atoms with E-state index < -0.39 is 5.82 Å². The van der Waals surface area contributed by atoms with Crippen molar-refractivity contribution in [1.82, 2.24) is 4.98 Å². The lowest BCUT2D eigenvalue weighted by Crippen LogP contribution is -2.14. The molecule has 1 heterocycles. The number of amides is 1. The van der Waals surface area contributed by atoms with Gasteiger partial charge in [-0.2, -0.15) is 0 Å². The lowest BCUT2D eigenvalue weighted by molar-refractivity contribution is 0.102. The van der Waals surface area contributed by atoms with Crippen LogP contribution < -0.4 is 5.32 Å². The summed E-state index contributed by atoms with van der Waals surface area (Å²) in [5, 5.41) is 2.66. The Morgan fingerprint density at radius 2 is 2.00 bits per heavy atom. The fourth-order valence-electron chi connectivity index (χ4n) is 1.71. The molecule has 0 aliphatic heterocycles. The zero-order chi connectivity index (χ0) is 14.0. The van der Waals surface area contributed by atoms with Crippen LogP contribution in [0.15, 0.2) is 34.8 Å². The number of hydrogen-bond acceptors (Lipinski definition) is 2. The van der Waals surface area contributed by atoms with E-state index in [1.165, 1.54) is 12.1 Å². The Morgan fingerprint density at radius 3 is 2.68 bits per heavy atom. The molecule has 0 radical (unpaired) electrons. The van der Waals surface area contributed by atoms with E-state index >= 15 is 0 Å². The van der Waals surface area contributed by atoms with Gasteiger partial charge in [-0.05, 0) is 60.1 Å². The number of carbonyl (C=O) groups excluding carboxylic acids is 1. The number of rotatable bonds is 2. The lowest BCUT2D eigenvalue weighted by atomic mass is 10.1. The second-order valence-electron chi connectivity index (χ2n) is 4.16. The first-order chi connectivity index (χ1) is 8.97. The van der Waals surface area contributed by atoms with Crippen LogP contribution in [0.3, 0.4) is 0 Å². The summed E-state index contributed by atoms with van der Waals surface area (Å²) < 4.78 is 13.8. The Morgan fingerprint density at radius 1 is 1.26 bits per heavy atom. The van der Waals surface area contributed by atoms with Crippen molar-refractivity contribution >= 4 is 27.5 Å². The predicted octanol–water partition coefficient (Wildman–Crippen LogP) is 3.85. The molecule has 0 bridgehead atoms. The van der Waals surface area contributed by atoms with E-state index in [9.17, 15) is 9.18 Å². The predicted molar refractivity (Wildman–Crippen MR) is 75.8 cm³/mol. The van der Waals surface area contributed by atoms with Crippen molar-refractivity contribution in [3.63, 3.8) is 0 Å². The maximum Gasteiger partial charge on any atom is 0.257 e. The van der Waals surface area contributed by atoms with Gasteiger partial charge in [0.1, 0.15) is 5.82 Å². The van der Waals surface area contributed by atoms with Gasteiger partial charge in [-0.15, -0.1) is 0 Å². The van der Waals surface area contributed by atoms with Crippen molar-refractivity contribution in [2.45, 2.75) is 13.8 Å². The number of aromatic nitrogens is 1. The zero-order valence-corrected chi connectivity index (χ0v) is 12.1. The molecule has 3 nitrogen and oxygen atoms in total. The van der Waals surface area contributed by atoms with Crippen molar-refractivity contribution in [3.05, 3.63) is 57.6 Å². The van der Waals surface area contributed by atoms with Gasteiger partial charge in [0, 0.05) is 10.2 Å². The number of pyridine rings is 1. The van der Waals surface area contributed by atoms with Crippen LogP contribution in [0.5, 0.6) is 0 Å². The summed E-state index contributed by atoms with van der Waals surface area (Å²) >= 11 is 3.26. The van der Waals surface area contributed by atoms with Gasteiger partial charge in [-0.1, -0.05) is 0 Å². The van der Waals surface area contributed by atoms with Crippen molar-refractivity contribution < 1.29 is 9.18 Å². The maximum atomic E-state index is 13.1. The molecule has 5 heteroatoms. The number of aryl methyl sites for hydroxylation is 2. The highest BCUT2D eigenvalue weighted by Gasteiger charge is 2.12. The van der Waals surface area contributed by atoms with Gasteiger partial charge >= 0.3 is 0 Å². The average molecular weight is 323 g/mol. The van der Waals surface area contributed by atoms with Gasteiger partial charge in [0.2, 0.25) is 0 Å². The molecule has 2 aromatic rings. The van der Waals surface area contributed by atoms with Gasteiger partial charge in [0.15, 0.2) is 0 Å².